The van der Waals surface area contributed by atoms with E-state index in [1.54, 1.807) is 42.7 Å². The third-order valence-electron chi connectivity index (χ3n) is 4.15. The molecular weight excluding hydrogens is 406 g/mol. The number of thiocarbonyl (C=S) groups is 1. The van der Waals surface area contributed by atoms with Gasteiger partial charge in [-0.2, -0.15) is 0 Å². The van der Waals surface area contributed by atoms with Gasteiger partial charge in [-0.15, -0.1) is 0 Å². The minimum absolute atomic E-state index is 0.00430. The van der Waals surface area contributed by atoms with E-state index in [9.17, 15) is 14.9 Å². The van der Waals surface area contributed by atoms with E-state index in [-0.39, 0.29) is 16.4 Å². The molecule has 0 unspecified atom stereocenters. The molecule has 0 aliphatic carbocycles. The molecule has 2 aromatic carbocycles. The Morgan fingerprint density at radius 2 is 1.87 bits per heavy atom. The topological polar surface area (TPSA) is 123 Å². The summed E-state index contributed by atoms with van der Waals surface area (Å²) in [6, 6.07) is 14.4. The molecule has 4 rings (SSSR count). The molecule has 4 aromatic rings. The van der Waals surface area contributed by atoms with Gasteiger partial charge in [-0.25, -0.2) is 4.98 Å². The maximum atomic E-state index is 12.4. The van der Waals surface area contributed by atoms with Crippen LogP contribution in [0.5, 0.6) is 0 Å². The summed E-state index contributed by atoms with van der Waals surface area (Å²) in [5.74, 6) is -0.223. The molecule has 0 bridgehead atoms. The van der Waals surface area contributed by atoms with Crippen LogP contribution in [0.15, 0.2) is 71.4 Å². The van der Waals surface area contributed by atoms with Crippen LogP contribution < -0.4 is 10.6 Å². The first-order chi connectivity index (χ1) is 14.5. The Morgan fingerprint density at radius 1 is 1.10 bits per heavy atom. The average Bonchev–Trinajstić information content (AvgIpc) is 3.17. The van der Waals surface area contributed by atoms with Crippen molar-refractivity contribution in [1.82, 2.24) is 15.3 Å². The first kappa shape index (κ1) is 19.2. The van der Waals surface area contributed by atoms with Crippen molar-refractivity contribution in [2.45, 2.75) is 0 Å². The Kier molecular flexibility index (Phi) is 5.14. The third-order valence-corrected chi connectivity index (χ3v) is 4.35. The summed E-state index contributed by atoms with van der Waals surface area (Å²) in [5, 5.41) is 16.4. The molecule has 0 fully saturated rings. The maximum absolute atomic E-state index is 12.4. The van der Waals surface area contributed by atoms with Gasteiger partial charge in [-0.05, 0) is 48.6 Å². The zero-order valence-corrected chi connectivity index (χ0v) is 16.1. The highest BCUT2D eigenvalue weighted by molar-refractivity contribution is 7.80. The number of rotatable bonds is 4. The van der Waals surface area contributed by atoms with E-state index in [4.69, 9.17) is 16.6 Å². The standard InChI is InChI=1S/C20H13N5O4S/c26-18(14-3-1-2-4-16(14)25(27)28)24-20(30)22-13-5-6-17-15(11-13)23-19(29-17)12-7-9-21-10-8-12/h1-11H,(H2,22,24,26,30). The van der Waals surface area contributed by atoms with E-state index in [0.717, 1.165) is 5.56 Å². The van der Waals surface area contributed by atoms with Crippen LogP contribution in [0.3, 0.4) is 0 Å². The van der Waals surface area contributed by atoms with Gasteiger partial charge >= 0.3 is 0 Å². The van der Waals surface area contributed by atoms with Gasteiger partial charge in [0.25, 0.3) is 11.6 Å². The first-order valence-electron chi connectivity index (χ1n) is 8.68. The molecule has 10 heteroatoms. The highest BCUT2D eigenvalue weighted by Crippen LogP contribution is 2.26. The van der Waals surface area contributed by atoms with Gasteiger partial charge in [-0.1, -0.05) is 12.1 Å². The van der Waals surface area contributed by atoms with Crippen molar-refractivity contribution in [3.05, 3.63) is 82.7 Å². The van der Waals surface area contributed by atoms with Crippen molar-refractivity contribution in [1.29, 1.82) is 0 Å². The highest BCUT2D eigenvalue weighted by atomic mass is 32.1. The number of anilines is 1. The monoisotopic (exact) mass is 419 g/mol. The summed E-state index contributed by atoms with van der Waals surface area (Å²) in [5.41, 5.74) is 2.17. The van der Waals surface area contributed by atoms with E-state index in [0.29, 0.717) is 22.7 Å². The predicted molar refractivity (Wildman–Crippen MR) is 114 cm³/mol. The summed E-state index contributed by atoms with van der Waals surface area (Å²) >= 11 is 5.16. The minimum atomic E-state index is -0.678. The molecule has 30 heavy (non-hydrogen) atoms. The van der Waals surface area contributed by atoms with Crippen molar-refractivity contribution >= 4 is 45.7 Å². The summed E-state index contributed by atoms with van der Waals surface area (Å²) in [6.45, 7) is 0. The molecule has 9 nitrogen and oxygen atoms in total. The van der Waals surface area contributed by atoms with Crippen LogP contribution >= 0.6 is 12.2 Å². The zero-order chi connectivity index (χ0) is 21.1. The van der Waals surface area contributed by atoms with Crippen LogP contribution in [0.1, 0.15) is 10.4 Å². The fourth-order valence-electron chi connectivity index (χ4n) is 2.78. The summed E-state index contributed by atoms with van der Waals surface area (Å²) < 4.78 is 5.74. The van der Waals surface area contributed by atoms with Crippen molar-refractivity contribution in [2.75, 3.05) is 5.32 Å². The lowest BCUT2D eigenvalue weighted by atomic mass is 10.1. The van der Waals surface area contributed by atoms with Gasteiger partial charge in [0.15, 0.2) is 10.7 Å². The van der Waals surface area contributed by atoms with Crippen molar-refractivity contribution in [3.63, 3.8) is 0 Å². The van der Waals surface area contributed by atoms with E-state index < -0.39 is 10.8 Å². The Bertz CT molecular complexity index is 1270. The number of para-hydroxylation sites is 1. The Labute approximate surface area is 174 Å². The summed E-state index contributed by atoms with van der Waals surface area (Å²) in [7, 11) is 0. The zero-order valence-electron chi connectivity index (χ0n) is 15.2. The SMILES string of the molecule is O=C(NC(=S)Nc1ccc2oc(-c3ccncc3)nc2c1)c1ccccc1[N+](=O)[O-]. The largest absolute Gasteiger partial charge is 0.436 e. The van der Waals surface area contributed by atoms with Crippen molar-refractivity contribution in [3.8, 4) is 11.5 Å². The molecule has 2 N–H and O–H groups in total. The van der Waals surface area contributed by atoms with Crippen LogP contribution in [0, 0.1) is 10.1 Å². The van der Waals surface area contributed by atoms with Gasteiger partial charge in [0.05, 0.1) is 4.92 Å². The predicted octanol–water partition coefficient (Wildman–Crippen LogP) is 3.92. The smallest absolute Gasteiger partial charge is 0.282 e. The van der Waals surface area contributed by atoms with Crippen molar-refractivity contribution in [2.24, 2.45) is 0 Å². The Hall–Kier alpha value is -4.18. The lowest BCUT2D eigenvalue weighted by Gasteiger charge is -2.09. The fourth-order valence-corrected chi connectivity index (χ4v) is 2.99. The second-order valence-corrected chi connectivity index (χ2v) is 6.53. The number of hydrogen-bond donors (Lipinski definition) is 2. The van der Waals surface area contributed by atoms with Gasteiger partial charge in [-0.3, -0.25) is 25.2 Å². The number of carbonyl (C=O) groups excluding carboxylic acids is 1. The third kappa shape index (κ3) is 3.98. The number of nitro groups is 1. The number of amides is 1. The number of nitro benzene ring substituents is 1. The quantitative estimate of drug-likeness (QED) is 0.290. The number of pyridine rings is 1. The second-order valence-electron chi connectivity index (χ2n) is 6.12. The normalized spacial score (nSPS) is 10.5. The molecule has 0 saturated heterocycles. The number of nitrogens with one attached hydrogen (secondary N) is 2. The number of hydrogen-bond acceptors (Lipinski definition) is 7. The second kappa shape index (κ2) is 8.05. The lowest BCUT2D eigenvalue weighted by molar-refractivity contribution is -0.385. The fraction of sp³-hybridized carbons (Fsp3) is 0. The molecular formula is C20H13N5O4S. The molecule has 0 atom stereocenters. The Balaban J connectivity index is 1.49. The minimum Gasteiger partial charge on any atom is -0.436 e. The Morgan fingerprint density at radius 3 is 2.63 bits per heavy atom. The van der Waals surface area contributed by atoms with Crippen LogP contribution in [0.4, 0.5) is 11.4 Å². The summed E-state index contributed by atoms with van der Waals surface area (Å²) in [6.07, 6.45) is 3.30. The number of carbonyl (C=O) groups is 1. The molecule has 2 aromatic heterocycles. The van der Waals surface area contributed by atoms with Gasteiger partial charge in [0.2, 0.25) is 5.89 Å². The first-order valence-corrected chi connectivity index (χ1v) is 9.09. The highest BCUT2D eigenvalue weighted by Gasteiger charge is 2.20. The van der Waals surface area contributed by atoms with Gasteiger partial charge in [0.1, 0.15) is 11.1 Å². The molecule has 2 heterocycles. The average molecular weight is 419 g/mol. The van der Waals surface area contributed by atoms with Crippen LogP contribution in [0.2, 0.25) is 0 Å². The molecule has 0 radical (unpaired) electrons. The van der Waals surface area contributed by atoms with Gasteiger partial charge < -0.3 is 9.73 Å². The molecule has 148 valence electrons. The van der Waals surface area contributed by atoms with Crippen LogP contribution in [-0.2, 0) is 0 Å². The number of fused-ring (bicyclic) bond motifs is 1. The number of benzene rings is 2. The lowest BCUT2D eigenvalue weighted by Crippen LogP contribution is -2.34. The van der Waals surface area contributed by atoms with E-state index in [2.05, 4.69) is 20.6 Å². The van der Waals surface area contributed by atoms with Gasteiger partial charge in [0, 0.05) is 29.7 Å². The number of aromatic nitrogens is 2. The van der Waals surface area contributed by atoms with E-state index in [1.807, 2.05) is 0 Å². The molecule has 0 aliphatic rings. The van der Waals surface area contributed by atoms with Crippen LogP contribution in [0.25, 0.3) is 22.6 Å². The van der Waals surface area contributed by atoms with E-state index >= 15 is 0 Å². The van der Waals surface area contributed by atoms with Crippen LogP contribution in [-0.4, -0.2) is 25.9 Å². The maximum Gasteiger partial charge on any atom is 0.282 e. The molecule has 0 spiro atoms. The molecule has 0 aliphatic heterocycles. The van der Waals surface area contributed by atoms with E-state index in [1.165, 1.54) is 24.3 Å². The number of oxazole rings is 1. The van der Waals surface area contributed by atoms with Crippen molar-refractivity contribution < 1.29 is 14.1 Å². The number of nitrogens with zero attached hydrogens (tertiary/aromatic N) is 3. The molecule has 1 amide bonds. The summed E-state index contributed by atoms with van der Waals surface area (Å²) in [4.78, 5) is 31.3. The molecule has 0 saturated carbocycles.